The number of sulfonamides is 1. The fourth-order valence-corrected chi connectivity index (χ4v) is 4.56. The van der Waals surface area contributed by atoms with Gasteiger partial charge in [-0.2, -0.15) is 0 Å². The number of benzene rings is 2. The molecule has 7 heteroatoms. The molecule has 0 fully saturated rings. The number of anilines is 1. The average molecular weight is 363 g/mol. The molecule has 25 heavy (non-hydrogen) atoms. The fourth-order valence-electron chi connectivity index (χ4n) is 2.84. The lowest BCUT2D eigenvalue weighted by molar-refractivity contribution is 0.219. The Morgan fingerprint density at radius 2 is 1.88 bits per heavy atom. The zero-order valence-electron chi connectivity index (χ0n) is 14.6. The summed E-state index contributed by atoms with van der Waals surface area (Å²) in [6, 6.07) is 10.2. The lowest BCUT2D eigenvalue weighted by Crippen LogP contribution is -2.42. The first kappa shape index (κ1) is 17.4. The second-order valence-corrected chi connectivity index (χ2v) is 7.78. The van der Waals surface area contributed by atoms with Crippen LogP contribution in [0, 0.1) is 6.92 Å². The van der Waals surface area contributed by atoms with Gasteiger partial charge in [0, 0.05) is 6.07 Å². The van der Waals surface area contributed by atoms with Crippen LogP contribution in [0.5, 0.6) is 17.2 Å². The van der Waals surface area contributed by atoms with E-state index in [4.69, 9.17) is 14.2 Å². The Morgan fingerprint density at radius 1 is 1.12 bits per heavy atom. The molecule has 1 heterocycles. The molecule has 0 spiro atoms. The average Bonchev–Trinajstić information content (AvgIpc) is 2.59. The summed E-state index contributed by atoms with van der Waals surface area (Å²) in [7, 11) is -0.911. The SMILES string of the molecule is COc1ccc(OC)c(S(=O)(=O)N2CC(C)Oc3cc(C)ccc32)c1. The molecule has 0 saturated heterocycles. The zero-order chi connectivity index (χ0) is 18.2. The largest absolute Gasteiger partial charge is 0.497 e. The Labute approximate surface area is 148 Å². The van der Waals surface area contributed by atoms with Gasteiger partial charge in [-0.25, -0.2) is 8.42 Å². The number of fused-ring (bicyclic) bond motifs is 1. The summed E-state index contributed by atoms with van der Waals surface area (Å²) in [5, 5.41) is 0. The standard InChI is InChI=1S/C18H21NO5S/c1-12-5-7-15-17(9-12)24-13(2)11-19(15)25(20,21)18-10-14(22-3)6-8-16(18)23-4/h5-10,13H,11H2,1-4H3. The first-order chi connectivity index (χ1) is 11.9. The number of hydrogen-bond donors (Lipinski definition) is 0. The molecule has 134 valence electrons. The smallest absolute Gasteiger partial charge is 0.268 e. The van der Waals surface area contributed by atoms with E-state index in [1.165, 1.54) is 24.6 Å². The van der Waals surface area contributed by atoms with Crippen LogP contribution >= 0.6 is 0 Å². The second kappa shape index (κ2) is 6.48. The summed E-state index contributed by atoms with van der Waals surface area (Å²) in [5.74, 6) is 1.28. The van der Waals surface area contributed by atoms with E-state index in [1.807, 2.05) is 26.0 Å². The maximum atomic E-state index is 13.4. The van der Waals surface area contributed by atoms with Crippen molar-refractivity contribution in [2.45, 2.75) is 24.8 Å². The molecular formula is C18H21NO5S. The minimum absolute atomic E-state index is 0.0648. The summed E-state index contributed by atoms with van der Waals surface area (Å²) in [6.07, 6.45) is -0.263. The molecular weight excluding hydrogens is 342 g/mol. The van der Waals surface area contributed by atoms with E-state index in [-0.39, 0.29) is 23.3 Å². The number of ether oxygens (including phenoxy) is 3. The fraction of sp³-hybridized carbons (Fsp3) is 0.333. The van der Waals surface area contributed by atoms with Gasteiger partial charge in [0.25, 0.3) is 10.0 Å². The molecule has 0 radical (unpaired) electrons. The summed E-state index contributed by atoms with van der Waals surface area (Å²) >= 11 is 0. The predicted molar refractivity (Wildman–Crippen MR) is 95.3 cm³/mol. The van der Waals surface area contributed by atoms with Gasteiger partial charge < -0.3 is 14.2 Å². The van der Waals surface area contributed by atoms with E-state index in [2.05, 4.69) is 0 Å². The summed E-state index contributed by atoms with van der Waals surface area (Å²) < 4.78 is 44.4. The van der Waals surface area contributed by atoms with E-state index in [1.54, 1.807) is 18.2 Å². The lowest BCUT2D eigenvalue weighted by Gasteiger charge is -2.34. The number of methoxy groups -OCH3 is 2. The maximum Gasteiger partial charge on any atom is 0.268 e. The predicted octanol–water partition coefficient (Wildman–Crippen LogP) is 2.99. The molecule has 0 N–H and O–H groups in total. The quantitative estimate of drug-likeness (QED) is 0.835. The van der Waals surface area contributed by atoms with Crippen LogP contribution in [0.15, 0.2) is 41.3 Å². The van der Waals surface area contributed by atoms with E-state index >= 15 is 0 Å². The Balaban J connectivity index is 2.16. The van der Waals surface area contributed by atoms with E-state index < -0.39 is 10.0 Å². The number of nitrogens with zero attached hydrogens (tertiary/aromatic N) is 1. The molecule has 0 aromatic heterocycles. The molecule has 2 aromatic rings. The van der Waals surface area contributed by atoms with Crippen molar-refractivity contribution in [1.82, 2.24) is 0 Å². The first-order valence-electron chi connectivity index (χ1n) is 7.89. The molecule has 1 unspecified atom stereocenters. The van der Waals surface area contributed by atoms with Gasteiger partial charge in [-0.3, -0.25) is 4.31 Å². The Bertz CT molecular complexity index is 894. The van der Waals surface area contributed by atoms with Crippen molar-refractivity contribution >= 4 is 15.7 Å². The van der Waals surface area contributed by atoms with Crippen molar-refractivity contribution in [3.8, 4) is 17.2 Å². The van der Waals surface area contributed by atoms with E-state index in [9.17, 15) is 8.42 Å². The van der Waals surface area contributed by atoms with Crippen LogP contribution in [0.4, 0.5) is 5.69 Å². The summed E-state index contributed by atoms with van der Waals surface area (Å²) in [4.78, 5) is 0.0648. The van der Waals surface area contributed by atoms with Gasteiger partial charge in [0.15, 0.2) is 0 Å². The van der Waals surface area contributed by atoms with Crippen LogP contribution in [-0.4, -0.2) is 35.3 Å². The highest BCUT2D eigenvalue weighted by Crippen LogP contribution is 2.40. The molecule has 1 aliphatic heterocycles. The Kier molecular flexibility index (Phi) is 4.51. The molecule has 0 aliphatic carbocycles. The molecule has 2 aromatic carbocycles. The number of aryl methyl sites for hydroxylation is 1. The van der Waals surface area contributed by atoms with E-state index in [0.29, 0.717) is 17.2 Å². The number of rotatable bonds is 4. The Morgan fingerprint density at radius 3 is 2.56 bits per heavy atom. The van der Waals surface area contributed by atoms with Crippen LogP contribution in [-0.2, 0) is 10.0 Å². The monoisotopic (exact) mass is 363 g/mol. The van der Waals surface area contributed by atoms with Crippen molar-refractivity contribution in [3.63, 3.8) is 0 Å². The van der Waals surface area contributed by atoms with Gasteiger partial charge in [-0.15, -0.1) is 0 Å². The van der Waals surface area contributed by atoms with Crippen molar-refractivity contribution in [3.05, 3.63) is 42.0 Å². The van der Waals surface area contributed by atoms with Gasteiger partial charge in [0.1, 0.15) is 28.2 Å². The van der Waals surface area contributed by atoms with Gasteiger partial charge in [0.2, 0.25) is 0 Å². The highest BCUT2D eigenvalue weighted by atomic mass is 32.2. The van der Waals surface area contributed by atoms with Crippen LogP contribution < -0.4 is 18.5 Å². The summed E-state index contributed by atoms with van der Waals surface area (Å²) in [6.45, 7) is 4.00. The van der Waals surface area contributed by atoms with Crippen molar-refractivity contribution in [2.75, 3.05) is 25.1 Å². The zero-order valence-corrected chi connectivity index (χ0v) is 15.5. The Hall–Kier alpha value is -2.41. The van der Waals surface area contributed by atoms with Gasteiger partial charge >= 0.3 is 0 Å². The molecule has 1 atom stereocenters. The normalized spacial score (nSPS) is 16.8. The van der Waals surface area contributed by atoms with Crippen LogP contribution in [0.1, 0.15) is 12.5 Å². The molecule has 0 amide bonds. The minimum atomic E-state index is -3.85. The second-order valence-electron chi connectivity index (χ2n) is 5.95. The summed E-state index contributed by atoms with van der Waals surface area (Å²) in [5.41, 5.74) is 1.53. The van der Waals surface area contributed by atoms with E-state index in [0.717, 1.165) is 5.56 Å². The van der Waals surface area contributed by atoms with Crippen molar-refractivity contribution in [1.29, 1.82) is 0 Å². The third-order valence-electron chi connectivity index (χ3n) is 4.07. The van der Waals surface area contributed by atoms with Crippen molar-refractivity contribution < 1.29 is 22.6 Å². The minimum Gasteiger partial charge on any atom is -0.497 e. The maximum absolute atomic E-state index is 13.4. The topological polar surface area (TPSA) is 65.1 Å². The molecule has 6 nitrogen and oxygen atoms in total. The molecule has 1 aliphatic rings. The van der Waals surface area contributed by atoms with Crippen LogP contribution in [0.2, 0.25) is 0 Å². The molecule has 0 bridgehead atoms. The van der Waals surface area contributed by atoms with Crippen molar-refractivity contribution in [2.24, 2.45) is 0 Å². The molecule has 3 rings (SSSR count). The van der Waals surface area contributed by atoms with Crippen LogP contribution in [0.25, 0.3) is 0 Å². The van der Waals surface area contributed by atoms with Gasteiger partial charge in [-0.1, -0.05) is 6.07 Å². The first-order valence-corrected chi connectivity index (χ1v) is 9.33. The van der Waals surface area contributed by atoms with Gasteiger partial charge in [0.05, 0.1) is 26.5 Å². The molecule has 0 saturated carbocycles. The van der Waals surface area contributed by atoms with Gasteiger partial charge in [-0.05, 0) is 43.7 Å². The third-order valence-corrected chi connectivity index (χ3v) is 5.87. The lowest BCUT2D eigenvalue weighted by atomic mass is 10.2. The third kappa shape index (κ3) is 3.11. The van der Waals surface area contributed by atoms with Crippen LogP contribution in [0.3, 0.4) is 0 Å². The highest BCUT2D eigenvalue weighted by Gasteiger charge is 2.35. The number of hydrogen-bond acceptors (Lipinski definition) is 5. The highest BCUT2D eigenvalue weighted by molar-refractivity contribution is 7.93.